The lowest BCUT2D eigenvalue weighted by molar-refractivity contribution is -0.313. The molecular formula is C22H24ClN2O4-. The predicted molar refractivity (Wildman–Crippen MR) is 108 cm³/mol. The first-order chi connectivity index (χ1) is 13.9. The molecule has 3 aliphatic carbocycles. The largest absolute Gasteiger partial charge is 0.550 e. The molecule has 1 aromatic carbocycles. The van der Waals surface area contributed by atoms with Gasteiger partial charge in [-0.05, 0) is 49.3 Å². The van der Waals surface area contributed by atoms with Crippen LogP contribution in [0.5, 0.6) is 0 Å². The summed E-state index contributed by atoms with van der Waals surface area (Å²) in [6.07, 6.45) is 9.58. The zero-order valence-electron chi connectivity index (χ0n) is 16.0. The number of aliphatic carboxylic acids is 1. The van der Waals surface area contributed by atoms with E-state index in [0.29, 0.717) is 22.8 Å². The van der Waals surface area contributed by atoms with E-state index in [9.17, 15) is 19.5 Å². The van der Waals surface area contributed by atoms with E-state index >= 15 is 0 Å². The summed E-state index contributed by atoms with van der Waals surface area (Å²) in [7, 11) is 0. The van der Waals surface area contributed by atoms with Crippen molar-refractivity contribution in [2.45, 2.75) is 38.5 Å². The normalized spacial score (nSPS) is 28.3. The van der Waals surface area contributed by atoms with E-state index in [1.807, 2.05) is 12.2 Å². The van der Waals surface area contributed by atoms with E-state index in [0.717, 1.165) is 25.7 Å². The van der Waals surface area contributed by atoms with E-state index in [-0.39, 0.29) is 29.6 Å². The molecule has 2 amide bonds. The van der Waals surface area contributed by atoms with Crippen LogP contribution in [0.25, 0.3) is 0 Å². The van der Waals surface area contributed by atoms with Gasteiger partial charge < -0.3 is 20.5 Å². The second kappa shape index (κ2) is 8.19. The van der Waals surface area contributed by atoms with E-state index in [4.69, 9.17) is 11.6 Å². The first-order valence-electron chi connectivity index (χ1n) is 10.2. The maximum Gasteiger partial charge on any atom is 0.228 e. The second-order valence-corrected chi connectivity index (χ2v) is 8.73. The Bertz CT molecular complexity index is 862. The van der Waals surface area contributed by atoms with E-state index in [2.05, 4.69) is 10.6 Å². The first kappa shape index (κ1) is 20.0. The molecule has 7 heteroatoms. The molecule has 154 valence electrons. The highest BCUT2D eigenvalue weighted by Gasteiger charge is 2.48. The van der Waals surface area contributed by atoms with Gasteiger partial charge in [-0.25, -0.2) is 0 Å². The molecule has 0 aromatic heterocycles. The fourth-order valence-corrected chi connectivity index (χ4v) is 5.25. The number of nitrogens with one attached hydrogen (secondary N) is 2. The van der Waals surface area contributed by atoms with Gasteiger partial charge in [0.1, 0.15) is 0 Å². The molecule has 2 saturated carbocycles. The molecule has 2 fully saturated rings. The number of carbonyl (C=O) groups excluding carboxylic acids is 3. The molecule has 0 aliphatic heterocycles. The van der Waals surface area contributed by atoms with Crippen LogP contribution in [0.15, 0.2) is 30.4 Å². The molecule has 1 aromatic rings. The van der Waals surface area contributed by atoms with Gasteiger partial charge in [0, 0.05) is 23.5 Å². The number of benzene rings is 1. The summed E-state index contributed by atoms with van der Waals surface area (Å²) < 4.78 is 0. The van der Waals surface area contributed by atoms with Gasteiger partial charge in [0.05, 0.1) is 16.6 Å². The van der Waals surface area contributed by atoms with Crippen molar-refractivity contribution in [3.63, 3.8) is 0 Å². The minimum Gasteiger partial charge on any atom is -0.550 e. The van der Waals surface area contributed by atoms with Crippen LogP contribution in [0.4, 0.5) is 11.4 Å². The number of fused-ring (bicyclic) bond motifs is 2. The fraction of sp³-hybridized carbons (Fsp3) is 0.500. The number of hydrogen-bond donors (Lipinski definition) is 2. The molecule has 3 aliphatic rings. The monoisotopic (exact) mass is 415 g/mol. The summed E-state index contributed by atoms with van der Waals surface area (Å²) in [6, 6.07) is 4.90. The molecule has 2 bridgehead atoms. The maximum absolute atomic E-state index is 12.8. The Hall–Kier alpha value is -2.34. The zero-order chi connectivity index (χ0) is 20.5. The molecule has 0 saturated heterocycles. The van der Waals surface area contributed by atoms with Crippen LogP contribution in [-0.4, -0.2) is 17.8 Å². The molecule has 4 rings (SSSR count). The molecule has 6 nitrogen and oxygen atoms in total. The van der Waals surface area contributed by atoms with Crippen LogP contribution in [-0.2, 0) is 14.4 Å². The van der Waals surface area contributed by atoms with Crippen LogP contribution in [0.2, 0.25) is 5.02 Å². The highest BCUT2D eigenvalue weighted by Crippen LogP contribution is 2.48. The lowest BCUT2D eigenvalue weighted by Gasteiger charge is -2.27. The molecule has 0 spiro atoms. The topological polar surface area (TPSA) is 98.3 Å². The van der Waals surface area contributed by atoms with Crippen LogP contribution in [0.1, 0.15) is 38.5 Å². The Kier molecular flexibility index (Phi) is 5.63. The van der Waals surface area contributed by atoms with Gasteiger partial charge in [-0.1, -0.05) is 43.0 Å². The quantitative estimate of drug-likeness (QED) is 0.722. The van der Waals surface area contributed by atoms with Crippen LogP contribution in [0, 0.1) is 29.6 Å². The van der Waals surface area contributed by atoms with Crippen molar-refractivity contribution >= 4 is 40.8 Å². The van der Waals surface area contributed by atoms with Gasteiger partial charge in [0.25, 0.3) is 0 Å². The standard InChI is InChI=1S/C22H25ClN2O4/c23-16-11-15(8-9-17(16)25-20(26)12-4-2-1-3-5-12)24-21(27)18-13-6-7-14(10-13)19(18)22(28)29/h6-9,11-14,18-19H,1-5,10H2,(H,24,27)(H,25,26)(H,28,29)/p-1/t13-,14+,18-,19+/m1/s1. The number of anilines is 2. The average Bonchev–Trinajstić information content (AvgIpc) is 3.32. The minimum absolute atomic E-state index is 0.0195. The third-order valence-corrected chi connectivity index (χ3v) is 6.82. The van der Waals surface area contributed by atoms with Crippen molar-refractivity contribution in [2.75, 3.05) is 10.6 Å². The van der Waals surface area contributed by atoms with Crippen molar-refractivity contribution < 1.29 is 19.5 Å². The second-order valence-electron chi connectivity index (χ2n) is 8.33. The summed E-state index contributed by atoms with van der Waals surface area (Å²) in [6.45, 7) is 0. The Morgan fingerprint density at radius 1 is 0.931 bits per heavy atom. The highest BCUT2D eigenvalue weighted by molar-refractivity contribution is 6.34. The number of rotatable bonds is 5. The molecule has 4 atom stereocenters. The van der Waals surface area contributed by atoms with Crippen molar-refractivity contribution in [3.05, 3.63) is 35.4 Å². The van der Waals surface area contributed by atoms with E-state index < -0.39 is 17.8 Å². The van der Waals surface area contributed by atoms with Crippen LogP contribution < -0.4 is 15.7 Å². The smallest absolute Gasteiger partial charge is 0.228 e. The Labute approximate surface area is 174 Å². The Balaban J connectivity index is 1.41. The van der Waals surface area contributed by atoms with Crippen molar-refractivity contribution in [2.24, 2.45) is 29.6 Å². The molecule has 0 radical (unpaired) electrons. The summed E-state index contributed by atoms with van der Waals surface area (Å²) in [4.78, 5) is 36.7. The minimum atomic E-state index is -1.18. The maximum atomic E-state index is 12.8. The summed E-state index contributed by atoms with van der Waals surface area (Å²) in [5, 5.41) is 17.5. The molecule has 0 heterocycles. The van der Waals surface area contributed by atoms with Crippen LogP contribution in [0.3, 0.4) is 0 Å². The lowest BCUT2D eigenvalue weighted by atomic mass is 9.82. The van der Waals surface area contributed by atoms with Gasteiger partial charge >= 0.3 is 0 Å². The number of amides is 2. The Morgan fingerprint density at radius 3 is 2.28 bits per heavy atom. The number of allylic oxidation sites excluding steroid dienone is 2. The van der Waals surface area contributed by atoms with E-state index in [1.54, 1.807) is 18.2 Å². The SMILES string of the molecule is O=C(Nc1ccc(NC(=O)[C@H]2[C@@H](C(=O)[O-])[C@H]3C=C[C@@H]2C3)cc1Cl)C1CCCCC1. The van der Waals surface area contributed by atoms with Gasteiger partial charge in [-0.15, -0.1) is 0 Å². The van der Waals surface area contributed by atoms with E-state index in [1.165, 1.54) is 6.42 Å². The molecular weight excluding hydrogens is 392 g/mol. The highest BCUT2D eigenvalue weighted by atomic mass is 35.5. The molecule has 2 N–H and O–H groups in total. The third-order valence-electron chi connectivity index (χ3n) is 6.50. The molecule has 29 heavy (non-hydrogen) atoms. The predicted octanol–water partition coefficient (Wildman–Crippen LogP) is 2.99. The number of carboxylic acid groups (broad SMARTS) is 1. The van der Waals surface area contributed by atoms with Crippen molar-refractivity contribution in [1.29, 1.82) is 0 Å². The van der Waals surface area contributed by atoms with Gasteiger partial charge in [0.2, 0.25) is 11.8 Å². The van der Waals surface area contributed by atoms with Crippen molar-refractivity contribution in [3.8, 4) is 0 Å². The Morgan fingerprint density at radius 2 is 1.62 bits per heavy atom. The number of carboxylic acids is 1. The number of hydrogen-bond acceptors (Lipinski definition) is 4. The summed E-state index contributed by atoms with van der Waals surface area (Å²) in [5.41, 5.74) is 0.982. The first-order valence-corrected chi connectivity index (χ1v) is 10.6. The summed E-state index contributed by atoms with van der Waals surface area (Å²) >= 11 is 6.32. The lowest BCUT2D eigenvalue weighted by Crippen LogP contribution is -2.42. The third kappa shape index (κ3) is 4.04. The zero-order valence-corrected chi connectivity index (χ0v) is 16.8. The van der Waals surface area contributed by atoms with Crippen LogP contribution >= 0.6 is 11.6 Å². The van der Waals surface area contributed by atoms with Gasteiger partial charge in [-0.3, -0.25) is 9.59 Å². The number of halogens is 1. The fourth-order valence-electron chi connectivity index (χ4n) is 5.02. The molecule has 0 unspecified atom stereocenters. The van der Waals surface area contributed by atoms with Crippen molar-refractivity contribution in [1.82, 2.24) is 0 Å². The van der Waals surface area contributed by atoms with Gasteiger partial charge in [-0.2, -0.15) is 0 Å². The summed E-state index contributed by atoms with van der Waals surface area (Å²) in [5.74, 6) is -3.17. The number of carbonyl (C=O) groups is 3. The van der Waals surface area contributed by atoms with Gasteiger partial charge in [0.15, 0.2) is 0 Å². The average molecular weight is 416 g/mol.